The van der Waals surface area contributed by atoms with Crippen LogP contribution in [0, 0.1) is 0 Å². The van der Waals surface area contributed by atoms with Gasteiger partial charge in [-0.15, -0.1) is 0 Å². The molecular formula is C27H35ClN3O7S+. The molecule has 0 aromatic heterocycles. The molecule has 5 atom stereocenters. The van der Waals surface area contributed by atoms with E-state index in [4.69, 9.17) is 16.3 Å². The molecule has 0 saturated carbocycles. The van der Waals surface area contributed by atoms with Crippen molar-refractivity contribution in [3.8, 4) is 0 Å². The molecule has 2 aromatic carbocycles. The number of ether oxygens (including phenoxy) is 1. The van der Waals surface area contributed by atoms with Crippen LogP contribution in [0.2, 0.25) is 5.02 Å². The minimum atomic E-state index is -1.73. The summed E-state index contributed by atoms with van der Waals surface area (Å²) in [7, 11) is 0. The van der Waals surface area contributed by atoms with E-state index in [0.29, 0.717) is 31.2 Å². The second-order valence-electron chi connectivity index (χ2n) is 10.4. The number of rotatable bonds is 8. The number of hydrogen-bond acceptors (Lipinski definition) is 9. The summed E-state index contributed by atoms with van der Waals surface area (Å²) in [5, 5.41) is 51.2. The summed E-state index contributed by atoms with van der Waals surface area (Å²) in [6.45, 7) is 3.98. The van der Waals surface area contributed by atoms with Gasteiger partial charge in [0.2, 0.25) is 6.23 Å². The van der Waals surface area contributed by atoms with E-state index in [1.807, 2.05) is 24.3 Å². The number of hydrogen-bond donors (Lipinski definition) is 5. The van der Waals surface area contributed by atoms with E-state index >= 15 is 0 Å². The van der Waals surface area contributed by atoms with Crippen molar-refractivity contribution in [2.45, 2.75) is 46.9 Å². The molecule has 2 aromatic rings. The largest absolute Gasteiger partial charge is 0.479 e. The smallest absolute Gasteiger partial charge is 0.335 e. The van der Waals surface area contributed by atoms with Gasteiger partial charge in [-0.25, -0.2) is 4.79 Å². The summed E-state index contributed by atoms with van der Waals surface area (Å²) in [4.78, 5) is 18.6. The Labute approximate surface area is 236 Å². The lowest BCUT2D eigenvalue weighted by atomic mass is 9.95. The first-order chi connectivity index (χ1) is 18.7. The zero-order valence-electron chi connectivity index (χ0n) is 21.5. The van der Waals surface area contributed by atoms with Gasteiger partial charge in [0.05, 0.1) is 31.1 Å². The molecule has 3 aliphatic heterocycles. The fourth-order valence-corrected chi connectivity index (χ4v) is 7.19. The first-order valence-corrected chi connectivity index (χ1v) is 14.4. The summed E-state index contributed by atoms with van der Waals surface area (Å²) >= 11 is 8.08. The highest BCUT2D eigenvalue weighted by atomic mass is 35.5. The number of carbonyl (C=O) groups is 1. The molecule has 0 radical (unpaired) electrons. The number of aliphatic hydroxyl groups excluding tert-OH is 4. The molecule has 0 spiro atoms. The highest BCUT2D eigenvalue weighted by molar-refractivity contribution is 7.99. The first-order valence-electron chi connectivity index (χ1n) is 13.2. The number of benzene rings is 2. The van der Waals surface area contributed by atoms with Crippen molar-refractivity contribution in [2.75, 3.05) is 57.3 Å². The number of quaternary nitrogens is 1. The van der Waals surface area contributed by atoms with E-state index < -0.39 is 36.6 Å². The summed E-state index contributed by atoms with van der Waals surface area (Å²) in [6.07, 6.45) is -6.69. The summed E-state index contributed by atoms with van der Waals surface area (Å²) < 4.78 is 5.79. The average Bonchev–Trinajstić information content (AvgIpc) is 2.92. The quantitative estimate of drug-likeness (QED) is 0.291. The molecule has 39 heavy (non-hydrogen) atoms. The van der Waals surface area contributed by atoms with Gasteiger partial charge >= 0.3 is 5.97 Å². The number of carboxylic acids is 1. The number of anilines is 2. The maximum Gasteiger partial charge on any atom is 0.335 e. The lowest BCUT2D eigenvalue weighted by Gasteiger charge is -2.53. The van der Waals surface area contributed by atoms with Crippen LogP contribution in [0.25, 0.3) is 0 Å². The molecule has 212 valence electrons. The van der Waals surface area contributed by atoms with Crippen LogP contribution in [-0.2, 0) is 9.53 Å². The van der Waals surface area contributed by atoms with Crippen LogP contribution in [-0.4, -0.2) is 124 Å². The number of nitrogens with zero attached hydrogens (tertiary/aromatic N) is 3. The van der Waals surface area contributed by atoms with E-state index in [2.05, 4.69) is 28.0 Å². The van der Waals surface area contributed by atoms with Crippen molar-refractivity contribution in [3.63, 3.8) is 0 Å². The molecule has 5 rings (SSSR count). The van der Waals surface area contributed by atoms with Crippen LogP contribution in [0.3, 0.4) is 0 Å². The van der Waals surface area contributed by atoms with Crippen molar-refractivity contribution in [3.05, 3.63) is 47.5 Å². The van der Waals surface area contributed by atoms with Gasteiger partial charge in [0, 0.05) is 41.0 Å². The summed E-state index contributed by atoms with van der Waals surface area (Å²) in [6, 6.07) is 14.3. The molecule has 12 heteroatoms. The number of carboxylic acid groups (broad SMARTS) is 1. The molecule has 0 amide bonds. The third kappa shape index (κ3) is 5.65. The van der Waals surface area contributed by atoms with Crippen LogP contribution in [0.1, 0.15) is 6.42 Å². The van der Waals surface area contributed by atoms with Gasteiger partial charge in [0.25, 0.3) is 0 Å². The topological polar surface area (TPSA) is 134 Å². The Kier molecular flexibility index (Phi) is 8.72. The average molecular weight is 581 g/mol. The summed E-state index contributed by atoms with van der Waals surface area (Å²) in [5.74, 6) is -1.40. The van der Waals surface area contributed by atoms with Gasteiger partial charge in [0.15, 0.2) is 12.2 Å². The zero-order valence-corrected chi connectivity index (χ0v) is 23.0. The molecule has 0 bridgehead atoms. The van der Waals surface area contributed by atoms with E-state index in [9.17, 15) is 30.3 Å². The van der Waals surface area contributed by atoms with Gasteiger partial charge in [-0.1, -0.05) is 35.5 Å². The Morgan fingerprint density at radius 2 is 1.72 bits per heavy atom. The molecule has 2 fully saturated rings. The second kappa shape index (κ2) is 11.9. The maximum absolute atomic E-state index is 11.6. The predicted octanol–water partition coefficient (Wildman–Crippen LogP) is 1.35. The number of fused-ring (bicyclic) bond motifs is 2. The number of aliphatic hydroxyl groups is 4. The highest BCUT2D eigenvalue weighted by Gasteiger charge is 2.55. The van der Waals surface area contributed by atoms with E-state index in [0.717, 1.165) is 30.9 Å². The minimum absolute atomic E-state index is 0.115. The van der Waals surface area contributed by atoms with Crippen molar-refractivity contribution >= 4 is 40.7 Å². The Balaban J connectivity index is 1.24. The van der Waals surface area contributed by atoms with Crippen LogP contribution in [0.4, 0.5) is 11.4 Å². The Hall–Kier alpha value is -1.93. The highest BCUT2D eigenvalue weighted by Crippen LogP contribution is 2.48. The van der Waals surface area contributed by atoms with Crippen LogP contribution in [0.5, 0.6) is 0 Å². The Morgan fingerprint density at radius 1 is 1.00 bits per heavy atom. The molecule has 3 aliphatic rings. The van der Waals surface area contributed by atoms with Gasteiger partial charge in [-0.2, -0.15) is 0 Å². The van der Waals surface area contributed by atoms with Gasteiger partial charge in [0.1, 0.15) is 18.8 Å². The minimum Gasteiger partial charge on any atom is -0.479 e. The summed E-state index contributed by atoms with van der Waals surface area (Å²) in [5.41, 5.74) is 2.26. The molecule has 5 N–H and O–H groups in total. The molecule has 3 heterocycles. The third-order valence-electron chi connectivity index (χ3n) is 8.08. The normalized spacial score (nSPS) is 28.5. The van der Waals surface area contributed by atoms with Gasteiger partial charge in [-0.3, -0.25) is 9.38 Å². The van der Waals surface area contributed by atoms with Crippen molar-refractivity contribution < 1.29 is 39.5 Å². The Bertz CT molecular complexity index is 1180. The monoisotopic (exact) mass is 580 g/mol. The fraction of sp³-hybridized carbons (Fsp3) is 0.519. The maximum atomic E-state index is 11.6. The zero-order chi connectivity index (χ0) is 27.7. The second-order valence-corrected chi connectivity index (χ2v) is 11.9. The van der Waals surface area contributed by atoms with Crippen LogP contribution < -0.4 is 4.90 Å². The first kappa shape index (κ1) is 28.6. The van der Waals surface area contributed by atoms with E-state index in [-0.39, 0.29) is 17.6 Å². The molecule has 0 aliphatic carbocycles. The van der Waals surface area contributed by atoms with Gasteiger partial charge in [-0.05, 0) is 36.8 Å². The van der Waals surface area contributed by atoms with Crippen molar-refractivity contribution in [1.82, 2.24) is 4.90 Å². The fourth-order valence-electron chi connectivity index (χ4n) is 5.95. The SMILES string of the molecule is O=C(O)C1OC([N+]2(CCO)CCN(CCCN3c4ccccc4Sc4ccc(Cl)cc43)CC2)C(O)C(O)C1O. The standard InChI is InChI=1S/C27H34ClN3O7S/c28-17-6-7-21-19(16-17)30(18-4-1-2-5-20(18)39-21)9-3-8-29-10-12-31(13-11-29,14-15-32)26-24(35)22(33)23(34)25(38-26)27(36)37/h1-2,4-7,16,22-26,32-35H,3,8-15H2/p+1. The van der Waals surface area contributed by atoms with Gasteiger partial charge < -0.3 is 35.2 Å². The van der Waals surface area contributed by atoms with Crippen molar-refractivity contribution in [1.29, 1.82) is 0 Å². The number of para-hydroxylation sites is 1. The number of halogens is 1. The lowest BCUT2D eigenvalue weighted by Crippen LogP contribution is -2.74. The molecule has 10 nitrogen and oxygen atoms in total. The van der Waals surface area contributed by atoms with E-state index in [1.165, 1.54) is 9.79 Å². The predicted molar refractivity (Wildman–Crippen MR) is 146 cm³/mol. The Morgan fingerprint density at radius 3 is 2.44 bits per heavy atom. The molecule has 2 saturated heterocycles. The number of aliphatic carboxylic acids is 1. The van der Waals surface area contributed by atoms with E-state index in [1.54, 1.807) is 11.8 Å². The molecule has 5 unspecified atom stereocenters. The number of piperazine rings is 1. The van der Waals surface area contributed by atoms with Crippen LogP contribution >= 0.6 is 23.4 Å². The molecular weight excluding hydrogens is 546 g/mol. The third-order valence-corrected chi connectivity index (χ3v) is 9.45. The van der Waals surface area contributed by atoms with Crippen LogP contribution in [0.15, 0.2) is 52.3 Å². The lowest BCUT2D eigenvalue weighted by molar-refractivity contribution is -0.981. The van der Waals surface area contributed by atoms with Crippen molar-refractivity contribution in [2.24, 2.45) is 0 Å².